The van der Waals surface area contributed by atoms with Crippen LogP contribution >= 0.6 is 11.6 Å². The van der Waals surface area contributed by atoms with E-state index in [1.54, 1.807) is 10.9 Å². The molecule has 0 spiro atoms. The molecule has 1 unspecified atom stereocenters. The van der Waals surface area contributed by atoms with Crippen molar-refractivity contribution in [1.29, 1.82) is 0 Å². The van der Waals surface area contributed by atoms with E-state index in [-0.39, 0.29) is 11.9 Å². The molecule has 9 nitrogen and oxygen atoms in total. The molecule has 35 heavy (non-hydrogen) atoms. The maximum atomic E-state index is 13.6. The summed E-state index contributed by atoms with van der Waals surface area (Å²) in [6.07, 6.45) is 2.24. The second-order valence-electron chi connectivity index (χ2n) is 9.17. The van der Waals surface area contributed by atoms with Gasteiger partial charge in [0, 0.05) is 45.2 Å². The minimum Gasteiger partial charge on any atom is -0.379 e. The van der Waals surface area contributed by atoms with Gasteiger partial charge in [-0.15, -0.1) is 0 Å². The Morgan fingerprint density at radius 2 is 1.83 bits per heavy atom. The van der Waals surface area contributed by atoms with Gasteiger partial charge in [-0.2, -0.15) is 20.5 Å². The Bertz CT molecular complexity index is 1370. The summed E-state index contributed by atoms with van der Waals surface area (Å²) < 4.78 is 7.29. The van der Waals surface area contributed by atoms with Gasteiger partial charge < -0.3 is 9.64 Å². The van der Waals surface area contributed by atoms with Crippen molar-refractivity contribution >= 4 is 28.5 Å². The highest BCUT2D eigenvalue weighted by Gasteiger charge is 2.38. The largest absolute Gasteiger partial charge is 0.379 e. The van der Waals surface area contributed by atoms with Crippen molar-refractivity contribution in [2.45, 2.75) is 25.6 Å². The molecule has 1 fully saturated rings. The number of aromatic amines is 1. The monoisotopic (exact) mass is 491 g/mol. The van der Waals surface area contributed by atoms with Gasteiger partial charge >= 0.3 is 0 Å². The predicted octanol–water partition coefficient (Wildman–Crippen LogP) is 3.12. The fourth-order valence-corrected chi connectivity index (χ4v) is 5.34. The predicted molar refractivity (Wildman–Crippen MR) is 131 cm³/mol. The third kappa shape index (κ3) is 4.20. The number of halogens is 1. The topological polar surface area (TPSA) is 92.2 Å². The minimum atomic E-state index is -0.150. The van der Waals surface area contributed by atoms with E-state index in [1.807, 2.05) is 36.2 Å². The first-order valence-corrected chi connectivity index (χ1v) is 12.1. The summed E-state index contributed by atoms with van der Waals surface area (Å²) in [6, 6.07) is 12.0. The fraction of sp³-hybridized carbons (Fsp3) is 0.360. The molecule has 1 amide bonds. The molecule has 4 heterocycles. The van der Waals surface area contributed by atoms with Gasteiger partial charge in [0.1, 0.15) is 11.0 Å². The van der Waals surface area contributed by atoms with Crippen LogP contribution in [0.2, 0.25) is 5.02 Å². The first-order valence-electron chi connectivity index (χ1n) is 11.8. The van der Waals surface area contributed by atoms with Crippen molar-refractivity contribution in [2.24, 2.45) is 7.05 Å². The number of carbonyl (C=O) groups excluding carboxylic acids is 1. The Kier molecular flexibility index (Phi) is 5.75. The standard InChI is InChI=1S/C25H26ClN7O2/c1-31-24(20(26)13-27-31)12-23-19-10-16(14-32-6-8-35-9-7-32)2-4-18(19)25(34)33(23)15-17-3-5-21-22(11-17)29-30-28-21/h2-5,10-11,13,23H,6-9,12,14-15H2,1H3,(H,28,29,30). The zero-order valence-corrected chi connectivity index (χ0v) is 20.2. The average Bonchev–Trinajstić information content (AvgIpc) is 3.53. The molecule has 0 saturated carbocycles. The molecule has 0 aliphatic carbocycles. The van der Waals surface area contributed by atoms with Crippen molar-refractivity contribution in [3.8, 4) is 0 Å². The third-order valence-electron chi connectivity index (χ3n) is 6.98. The van der Waals surface area contributed by atoms with E-state index in [9.17, 15) is 4.79 Å². The van der Waals surface area contributed by atoms with Gasteiger partial charge in [-0.25, -0.2) is 0 Å². The quantitative estimate of drug-likeness (QED) is 0.445. The molecular weight excluding hydrogens is 466 g/mol. The number of H-pyrrole nitrogens is 1. The van der Waals surface area contributed by atoms with Crippen molar-refractivity contribution in [3.63, 3.8) is 0 Å². The summed E-state index contributed by atoms with van der Waals surface area (Å²) in [5, 5.41) is 15.9. The Labute approximate surface area is 207 Å². The number of amides is 1. The molecule has 4 aromatic rings. The molecular formula is C25H26ClN7O2. The Balaban J connectivity index is 1.35. The lowest BCUT2D eigenvalue weighted by molar-refractivity contribution is 0.0342. The molecule has 2 aromatic heterocycles. The summed E-state index contributed by atoms with van der Waals surface area (Å²) in [5.41, 5.74) is 6.49. The molecule has 6 rings (SSSR count). The SMILES string of the molecule is Cn1ncc(Cl)c1CC1c2cc(CN3CCOCC3)ccc2C(=O)N1Cc1ccc2n[nH]nc2c1. The summed E-state index contributed by atoms with van der Waals surface area (Å²) in [6.45, 7) is 4.66. The van der Waals surface area contributed by atoms with Crippen LogP contribution < -0.4 is 0 Å². The van der Waals surface area contributed by atoms with Gasteiger partial charge in [0.15, 0.2) is 0 Å². The number of hydrogen-bond donors (Lipinski definition) is 1. The van der Waals surface area contributed by atoms with Crippen molar-refractivity contribution in [2.75, 3.05) is 26.3 Å². The van der Waals surface area contributed by atoms with Gasteiger partial charge in [0.25, 0.3) is 5.91 Å². The van der Waals surface area contributed by atoms with Crippen molar-refractivity contribution in [1.82, 2.24) is 35.0 Å². The first kappa shape index (κ1) is 22.2. The molecule has 1 saturated heterocycles. The number of ether oxygens (including phenoxy) is 1. The molecule has 180 valence electrons. The summed E-state index contributed by atoms with van der Waals surface area (Å²) >= 11 is 6.48. The zero-order chi connectivity index (χ0) is 23.9. The summed E-state index contributed by atoms with van der Waals surface area (Å²) in [7, 11) is 1.89. The molecule has 2 aliphatic heterocycles. The maximum absolute atomic E-state index is 13.6. The molecule has 2 aliphatic rings. The molecule has 0 bridgehead atoms. The molecule has 2 aromatic carbocycles. The van der Waals surface area contributed by atoms with Gasteiger partial charge in [-0.05, 0) is 34.9 Å². The van der Waals surface area contributed by atoms with Crippen LogP contribution in [0.4, 0.5) is 0 Å². The number of nitrogens with zero attached hydrogens (tertiary/aromatic N) is 6. The average molecular weight is 492 g/mol. The number of aryl methyl sites for hydroxylation is 1. The molecule has 10 heteroatoms. The van der Waals surface area contributed by atoms with Crippen molar-refractivity contribution < 1.29 is 9.53 Å². The lowest BCUT2D eigenvalue weighted by Gasteiger charge is -2.27. The van der Waals surface area contributed by atoms with Crippen LogP contribution in [-0.2, 0) is 31.3 Å². The lowest BCUT2D eigenvalue weighted by Crippen LogP contribution is -2.35. The number of hydrogen-bond acceptors (Lipinski definition) is 6. The van der Waals surface area contributed by atoms with Gasteiger partial charge in [0.2, 0.25) is 0 Å². The van der Waals surface area contributed by atoms with Crippen LogP contribution in [0.15, 0.2) is 42.6 Å². The minimum absolute atomic E-state index is 0.0291. The van der Waals surface area contributed by atoms with Crippen molar-refractivity contribution in [3.05, 3.63) is 75.6 Å². The van der Waals surface area contributed by atoms with Crippen LogP contribution in [-0.4, -0.2) is 67.2 Å². The highest BCUT2D eigenvalue weighted by molar-refractivity contribution is 6.31. The first-order chi connectivity index (χ1) is 17.1. The highest BCUT2D eigenvalue weighted by Crippen LogP contribution is 2.39. The number of rotatable bonds is 6. The third-order valence-corrected chi connectivity index (χ3v) is 7.30. The van der Waals surface area contributed by atoms with Crippen LogP contribution in [0.3, 0.4) is 0 Å². The number of benzene rings is 2. The Morgan fingerprint density at radius 3 is 2.63 bits per heavy atom. The molecule has 1 N–H and O–H groups in total. The molecule has 0 radical (unpaired) electrons. The second-order valence-corrected chi connectivity index (χ2v) is 9.58. The lowest BCUT2D eigenvalue weighted by atomic mass is 9.97. The van der Waals surface area contributed by atoms with Crippen LogP contribution in [0.1, 0.15) is 38.8 Å². The smallest absolute Gasteiger partial charge is 0.255 e. The van der Waals surface area contributed by atoms with E-state index in [1.165, 1.54) is 5.56 Å². The van der Waals surface area contributed by atoms with E-state index in [2.05, 4.69) is 37.5 Å². The molecule has 1 atom stereocenters. The maximum Gasteiger partial charge on any atom is 0.255 e. The van der Waals surface area contributed by atoms with Crippen LogP contribution in [0, 0.1) is 0 Å². The Morgan fingerprint density at radius 1 is 1.06 bits per heavy atom. The van der Waals surface area contributed by atoms with E-state index in [4.69, 9.17) is 16.3 Å². The zero-order valence-electron chi connectivity index (χ0n) is 19.4. The summed E-state index contributed by atoms with van der Waals surface area (Å²) in [5.74, 6) is 0.0291. The second kappa shape index (κ2) is 9.07. The van der Waals surface area contributed by atoms with Crippen LogP contribution in [0.5, 0.6) is 0 Å². The Hall–Kier alpha value is -3.27. The number of morpholine rings is 1. The van der Waals surface area contributed by atoms with Gasteiger partial charge in [0.05, 0.1) is 36.2 Å². The van der Waals surface area contributed by atoms with Crippen LogP contribution in [0.25, 0.3) is 11.0 Å². The van der Waals surface area contributed by atoms with E-state index >= 15 is 0 Å². The highest BCUT2D eigenvalue weighted by atomic mass is 35.5. The number of fused-ring (bicyclic) bond motifs is 2. The van der Waals surface area contributed by atoms with E-state index in [0.717, 1.165) is 66.3 Å². The van der Waals surface area contributed by atoms with Gasteiger partial charge in [-0.3, -0.25) is 14.4 Å². The number of carbonyl (C=O) groups is 1. The van der Waals surface area contributed by atoms with E-state index < -0.39 is 0 Å². The fourth-order valence-electron chi connectivity index (χ4n) is 5.09. The number of nitrogens with one attached hydrogen (secondary N) is 1. The normalized spacial score (nSPS) is 18.5. The van der Waals surface area contributed by atoms with Gasteiger partial charge in [-0.1, -0.05) is 29.8 Å². The van der Waals surface area contributed by atoms with E-state index in [0.29, 0.717) is 18.0 Å². The number of aromatic nitrogens is 5. The summed E-state index contributed by atoms with van der Waals surface area (Å²) in [4.78, 5) is 18.0.